The SMILES string of the molecule is O=C(O)c1cccc(NNc2ccccc2)c1C(=O)O. The summed E-state index contributed by atoms with van der Waals surface area (Å²) in [5.74, 6) is -2.59. The van der Waals surface area contributed by atoms with Gasteiger partial charge in [0.2, 0.25) is 0 Å². The fourth-order valence-electron chi connectivity index (χ4n) is 1.73. The number of nitrogens with one attached hydrogen (secondary N) is 2. The van der Waals surface area contributed by atoms with Gasteiger partial charge >= 0.3 is 11.9 Å². The van der Waals surface area contributed by atoms with E-state index in [2.05, 4.69) is 10.9 Å². The van der Waals surface area contributed by atoms with Crippen LogP contribution in [0, 0.1) is 0 Å². The molecule has 0 aliphatic rings. The highest BCUT2D eigenvalue weighted by Crippen LogP contribution is 2.20. The highest BCUT2D eigenvalue weighted by Gasteiger charge is 2.19. The van der Waals surface area contributed by atoms with Gasteiger partial charge in [0.1, 0.15) is 0 Å². The maximum Gasteiger partial charge on any atom is 0.338 e. The first-order valence-electron chi connectivity index (χ1n) is 5.76. The molecule has 6 nitrogen and oxygen atoms in total. The Morgan fingerprint density at radius 2 is 1.50 bits per heavy atom. The quantitative estimate of drug-likeness (QED) is 0.624. The lowest BCUT2D eigenvalue weighted by Gasteiger charge is -2.13. The summed E-state index contributed by atoms with van der Waals surface area (Å²) >= 11 is 0. The van der Waals surface area contributed by atoms with Gasteiger partial charge in [0, 0.05) is 0 Å². The third-order valence-corrected chi connectivity index (χ3v) is 2.62. The molecule has 2 aromatic rings. The Morgan fingerprint density at radius 3 is 2.10 bits per heavy atom. The molecule has 0 amide bonds. The minimum atomic E-state index is -1.31. The van der Waals surface area contributed by atoms with Crippen molar-refractivity contribution < 1.29 is 19.8 Å². The normalized spacial score (nSPS) is 9.80. The Balaban J connectivity index is 2.30. The van der Waals surface area contributed by atoms with E-state index >= 15 is 0 Å². The van der Waals surface area contributed by atoms with E-state index in [1.807, 2.05) is 18.2 Å². The number of carbonyl (C=O) groups is 2. The minimum Gasteiger partial charge on any atom is -0.478 e. The summed E-state index contributed by atoms with van der Waals surface area (Å²) < 4.78 is 0. The number of anilines is 2. The molecule has 0 spiro atoms. The van der Waals surface area contributed by atoms with E-state index in [4.69, 9.17) is 10.2 Å². The monoisotopic (exact) mass is 272 g/mol. The van der Waals surface area contributed by atoms with E-state index in [0.29, 0.717) is 0 Å². The molecular formula is C14H12N2O4. The Labute approximate surface area is 114 Å². The van der Waals surface area contributed by atoms with Crippen molar-refractivity contribution in [2.45, 2.75) is 0 Å². The Kier molecular flexibility index (Phi) is 3.85. The van der Waals surface area contributed by atoms with Crippen molar-refractivity contribution in [3.63, 3.8) is 0 Å². The lowest BCUT2D eigenvalue weighted by molar-refractivity contribution is 0.0652. The summed E-state index contributed by atoms with van der Waals surface area (Å²) in [5.41, 5.74) is 5.88. The maximum absolute atomic E-state index is 11.2. The molecule has 0 aromatic heterocycles. The molecule has 20 heavy (non-hydrogen) atoms. The molecule has 0 unspecified atom stereocenters. The average Bonchev–Trinajstić information content (AvgIpc) is 2.45. The fraction of sp³-hybridized carbons (Fsp3) is 0. The van der Waals surface area contributed by atoms with Crippen LogP contribution in [0.25, 0.3) is 0 Å². The first-order chi connectivity index (χ1) is 9.59. The molecular weight excluding hydrogens is 260 g/mol. The number of hydrazine groups is 1. The van der Waals surface area contributed by atoms with E-state index in [1.54, 1.807) is 12.1 Å². The van der Waals surface area contributed by atoms with E-state index in [9.17, 15) is 9.59 Å². The topological polar surface area (TPSA) is 98.7 Å². The van der Waals surface area contributed by atoms with Gasteiger partial charge < -0.3 is 15.6 Å². The van der Waals surface area contributed by atoms with Gasteiger partial charge in [0.25, 0.3) is 0 Å². The third-order valence-electron chi connectivity index (χ3n) is 2.62. The summed E-state index contributed by atoms with van der Waals surface area (Å²) in [6, 6.07) is 13.3. The van der Waals surface area contributed by atoms with Crippen LogP contribution in [0.3, 0.4) is 0 Å². The molecule has 0 saturated carbocycles. The Morgan fingerprint density at radius 1 is 0.800 bits per heavy atom. The zero-order valence-electron chi connectivity index (χ0n) is 10.3. The summed E-state index contributed by atoms with van der Waals surface area (Å²) in [4.78, 5) is 22.3. The van der Waals surface area contributed by atoms with Gasteiger partial charge in [0.05, 0.1) is 22.5 Å². The van der Waals surface area contributed by atoms with Gasteiger partial charge in [-0.25, -0.2) is 9.59 Å². The molecule has 0 fully saturated rings. The molecule has 0 atom stereocenters. The zero-order valence-corrected chi connectivity index (χ0v) is 10.3. The van der Waals surface area contributed by atoms with Crippen LogP contribution in [-0.2, 0) is 0 Å². The smallest absolute Gasteiger partial charge is 0.338 e. The van der Waals surface area contributed by atoms with Crippen LogP contribution >= 0.6 is 0 Å². The van der Waals surface area contributed by atoms with Crippen molar-refractivity contribution in [2.75, 3.05) is 10.9 Å². The maximum atomic E-state index is 11.2. The Hall–Kier alpha value is -3.02. The number of carboxylic acids is 2. The van der Waals surface area contributed by atoms with E-state index in [-0.39, 0.29) is 16.8 Å². The second-order valence-corrected chi connectivity index (χ2v) is 3.95. The van der Waals surface area contributed by atoms with Gasteiger partial charge in [-0.2, -0.15) is 0 Å². The number of aromatic carboxylic acids is 2. The molecule has 0 radical (unpaired) electrons. The molecule has 0 saturated heterocycles. The molecule has 0 aliphatic heterocycles. The predicted octanol–water partition coefficient (Wildman–Crippen LogP) is 2.52. The lowest BCUT2D eigenvalue weighted by atomic mass is 10.1. The zero-order chi connectivity index (χ0) is 14.5. The van der Waals surface area contributed by atoms with Crippen molar-refractivity contribution in [1.82, 2.24) is 0 Å². The number of benzene rings is 2. The first kappa shape index (κ1) is 13.4. The molecule has 6 heteroatoms. The number of hydrogen-bond donors (Lipinski definition) is 4. The number of rotatable bonds is 5. The highest BCUT2D eigenvalue weighted by atomic mass is 16.4. The fourth-order valence-corrected chi connectivity index (χ4v) is 1.73. The summed E-state index contributed by atoms with van der Waals surface area (Å²) in [6.45, 7) is 0. The first-order valence-corrected chi connectivity index (χ1v) is 5.76. The van der Waals surface area contributed by atoms with Gasteiger partial charge in [-0.1, -0.05) is 24.3 Å². The van der Waals surface area contributed by atoms with Crippen molar-refractivity contribution in [3.05, 3.63) is 59.7 Å². The summed E-state index contributed by atoms with van der Waals surface area (Å²) in [6.07, 6.45) is 0. The summed E-state index contributed by atoms with van der Waals surface area (Å²) in [5, 5.41) is 18.2. The van der Waals surface area contributed by atoms with Gasteiger partial charge in [-0.05, 0) is 24.3 Å². The second kappa shape index (κ2) is 5.75. The van der Waals surface area contributed by atoms with Gasteiger partial charge in [0.15, 0.2) is 0 Å². The van der Waals surface area contributed by atoms with Crippen LogP contribution in [-0.4, -0.2) is 22.2 Å². The molecule has 4 N–H and O–H groups in total. The second-order valence-electron chi connectivity index (χ2n) is 3.95. The standard InChI is InChI=1S/C14H12N2O4/c17-13(18)10-7-4-8-11(12(10)14(19)20)16-15-9-5-2-1-3-6-9/h1-8,15-16H,(H,17,18)(H,19,20). The van der Waals surface area contributed by atoms with Crippen LogP contribution in [0.1, 0.15) is 20.7 Å². The van der Waals surface area contributed by atoms with Crippen LogP contribution in [0.5, 0.6) is 0 Å². The lowest BCUT2D eigenvalue weighted by Crippen LogP contribution is -2.16. The minimum absolute atomic E-state index is 0.182. The highest BCUT2D eigenvalue weighted by molar-refractivity contribution is 6.05. The number of para-hydroxylation sites is 1. The summed E-state index contributed by atoms with van der Waals surface area (Å²) in [7, 11) is 0. The molecule has 0 bridgehead atoms. The van der Waals surface area contributed by atoms with Crippen LogP contribution in [0.4, 0.5) is 11.4 Å². The van der Waals surface area contributed by atoms with Crippen molar-refractivity contribution >= 4 is 23.3 Å². The predicted molar refractivity (Wildman–Crippen MR) is 74.0 cm³/mol. The average molecular weight is 272 g/mol. The third kappa shape index (κ3) is 2.86. The molecule has 2 aromatic carbocycles. The van der Waals surface area contributed by atoms with E-state index in [0.717, 1.165) is 5.69 Å². The van der Waals surface area contributed by atoms with E-state index < -0.39 is 11.9 Å². The number of hydrogen-bond acceptors (Lipinski definition) is 4. The van der Waals surface area contributed by atoms with Gasteiger partial charge in [-0.15, -0.1) is 0 Å². The van der Waals surface area contributed by atoms with Crippen molar-refractivity contribution in [3.8, 4) is 0 Å². The van der Waals surface area contributed by atoms with Crippen LogP contribution in [0.15, 0.2) is 48.5 Å². The van der Waals surface area contributed by atoms with E-state index in [1.165, 1.54) is 18.2 Å². The Bertz CT molecular complexity index is 641. The molecule has 0 aliphatic carbocycles. The molecule has 102 valence electrons. The van der Waals surface area contributed by atoms with Crippen molar-refractivity contribution in [1.29, 1.82) is 0 Å². The van der Waals surface area contributed by atoms with Crippen LogP contribution < -0.4 is 10.9 Å². The molecule has 0 heterocycles. The molecule has 2 rings (SSSR count). The number of carboxylic acid groups (broad SMARTS) is 2. The van der Waals surface area contributed by atoms with Gasteiger partial charge in [-0.3, -0.25) is 5.43 Å². The van der Waals surface area contributed by atoms with Crippen LogP contribution in [0.2, 0.25) is 0 Å². The largest absolute Gasteiger partial charge is 0.478 e. The van der Waals surface area contributed by atoms with Crippen molar-refractivity contribution in [2.24, 2.45) is 0 Å².